The maximum atomic E-state index is 12.5. The minimum atomic E-state index is -0.239. The number of fused-ring (bicyclic) bond motifs is 2. The number of allylic oxidation sites excluding steroid dienone is 4. The predicted molar refractivity (Wildman–Crippen MR) is 116 cm³/mol. The first-order valence-electron chi connectivity index (χ1n) is 9.75. The number of hydrogen-bond donors (Lipinski definition) is 2. The molecule has 2 aromatic rings. The lowest BCUT2D eigenvalue weighted by molar-refractivity contribution is 0.0963. The van der Waals surface area contributed by atoms with Crippen LogP contribution >= 0.6 is 0 Å². The van der Waals surface area contributed by atoms with Crippen LogP contribution in [0.3, 0.4) is 0 Å². The summed E-state index contributed by atoms with van der Waals surface area (Å²) in [6.07, 6.45) is 8.58. The molecule has 6 heteroatoms. The molecule has 152 valence electrons. The van der Waals surface area contributed by atoms with E-state index in [0.29, 0.717) is 34.2 Å². The summed E-state index contributed by atoms with van der Waals surface area (Å²) in [4.78, 5) is 17.1. The second-order valence-corrected chi connectivity index (χ2v) is 6.82. The number of para-hydroxylation sites is 1. The Kier molecular flexibility index (Phi) is 6.22. The second kappa shape index (κ2) is 8.82. The largest absolute Gasteiger partial charge is 0.494 e. The summed E-state index contributed by atoms with van der Waals surface area (Å²) < 4.78 is 11.8. The van der Waals surface area contributed by atoms with Gasteiger partial charge in [0.1, 0.15) is 17.1 Å². The van der Waals surface area contributed by atoms with Crippen LogP contribution in [0.15, 0.2) is 42.6 Å². The third kappa shape index (κ3) is 3.83. The lowest BCUT2D eigenvalue weighted by atomic mass is 9.93. The molecule has 0 aliphatic carbocycles. The zero-order valence-electron chi connectivity index (χ0n) is 17.5. The number of nitrogens with zero attached hydrogens (tertiary/aromatic N) is 1. The molecule has 1 aromatic carbocycles. The van der Waals surface area contributed by atoms with Gasteiger partial charge in [0.15, 0.2) is 11.5 Å². The van der Waals surface area contributed by atoms with E-state index in [1.54, 1.807) is 20.4 Å². The van der Waals surface area contributed by atoms with E-state index in [1.165, 1.54) is 0 Å². The molecule has 0 spiro atoms. The van der Waals surface area contributed by atoms with Crippen LogP contribution in [0.4, 0.5) is 11.4 Å². The SMILES string of the molecule is C/C=C\C=C(\c1ncc(C(=O)NC)c2c1Oc1cccc(OC)c1N2)C(C)CC. The first-order chi connectivity index (χ1) is 14.0. The molecule has 1 aliphatic heterocycles. The molecular weight excluding hydrogens is 366 g/mol. The van der Waals surface area contributed by atoms with Crippen molar-refractivity contribution in [1.29, 1.82) is 0 Å². The summed E-state index contributed by atoms with van der Waals surface area (Å²) in [5.74, 6) is 1.84. The Morgan fingerprint density at radius 3 is 2.83 bits per heavy atom. The molecule has 2 heterocycles. The summed E-state index contributed by atoms with van der Waals surface area (Å²) in [6.45, 7) is 6.27. The van der Waals surface area contributed by atoms with E-state index in [1.807, 2.05) is 37.3 Å². The number of amides is 1. The molecule has 1 amide bonds. The summed E-state index contributed by atoms with van der Waals surface area (Å²) >= 11 is 0. The van der Waals surface area contributed by atoms with Gasteiger partial charge in [-0.15, -0.1) is 0 Å². The molecule has 3 rings (SSSR count). The van der Waals surface area contributed by atoms with Gasteiger partial charge in [0, 0.05) is 13.2 Å². The first kappa shape index (κ1) is 20.5. The molecule has 29 heavy (non-hydrogen) atoms. The number of nitrogens with one attached hydrogen (secondary N) is 2. The Balaban J connectivity index is 2.24. The van der Waals surface area contributed by atoms with Crippen LogP contribution in [0.25, 0.3) is 5.57 Å². The second-order valence-electron chi connectivity index (χ2n) is 6.82. The lowest BCUT2D eigenvalue weighted by Crippen LogP contribution is -2.21. The number of methoxy groups -OCH3 is 1. The summed E-state index contributed by atoms with van der Waals surface area (Å²) in [5, 5.41) is 6.03. The molecule has 0 saturated carbocycles. The lowest BCUT2D eigenvalue weighted by Gasteiger charge is -2.27. The highest BCUT2D eigenvalue weighted by Gasteiger charge is 2.29. The minimum Gasteiger partial charge on any atom is -0.494 e. The highest BCUT2D eigenvalue weighted by atomic mass is 16.5. The Morgan fingerprint density at radius 2 is 2.17 bits per heavy atom. The number of hydrogen-bond acceptors (Lipinski definition) is 5. The molecule has 1 aliphatic rings. The van der Waals surface area contributed by atoms with Crippen molar-refractivity contribution >= 4 is 22.9 Å². The highest BCUT2D eigenvalue weighted by molar-refractivity contribution is 6.03. The van der Waals surface area contributed by atoms with Gasteiger partial charge in [-0.1, -0.05) is 38.1 Å². The molecule has 0 radical (unpaired) electrons. The molecule has 0 saturated heterocycles. The zero-order valence-corrected chi connectivity index (χ0v) is 17.5. The maximum absolute atomic E-state index is 12.5. The van der Waals surface area contributed by atoms with Crippen molar-refractivity contribution in [3.63, 3.8) is 0 Å². The fourth-order valence-corrected chi connectivity index (χ4v) is 3.25. The van der Waals surface area contributed by atoms with Crippen LogP contribution in [-0.4, -0.2) is 25.0 Å². The van der Waals surface area contributed by atoms with Crippen molar-refractivity contribution in [3.05, 3.63) is 53.9 Å². The van der Waals surface area contributed by atoms with Gasteiger partial charge in [0.2, 0.25) is 0 Å². The average molecular weight is 393 g/mol. The molecule has 6 nitrogen and oxygen atoms in total. The van der Waals surface area contributed by atoms with Gasteiger partial charge < -0.3 is 20.1 Å². The predicted octanol–water partition coefficient (Wildman–Crippen LogP) is 5.30. The van der Waals surface area contributed by atoms with Crippen molar-refractivity contribution in [2.24, 2.45) is 5.92 Å². The number of ether oxygens (including phenoxy) is 2. The third-order valence-corrected chi connectivity index (χ3v) is 5.06. The third-order valence-electron chi connectivity index (χ3n) is 5.06. The average Bonchev–Trinajstić information content (AvgIpc) is 2.76. The van der Waals surface area contributed by atoms with Gasteiger partial charge in [-0.25, -0.2) is 0 Å². The molecule has 0 bridgehead atoms. The van der Waals surface area contributed by atoms with Crippen molar-refractivity contribution in [2.75, 3.05) is 19.5 Å². The van der Waals surface area contributed by atoms with E-state index >= 15 is 0 Å². The monoisotopic (exact) mass is 393 g/mol. The Hall–Kier alpha value is -3.28. The van der Waals surface area contributed by atoms with Gasteiger partial charge in [-0.05, 0) is 37.0 Å². The summed E-state index contributed by atoms with van der Waals surface area (Å²) in [7, 11) is 3.20. The van der Waals surface area contributed by atoms with Crippen LogP contribution in [0, 0.1) is 5.92 Å². The fourth-order valence-electron chi connectivity index (χ4n) is 3.25. The molecule has 1 unspecified atom stereocenters. The normalized spacial score (nSPS) is 13.8. The van der Waals surface area contributed by atoms with E-state index in [9.17, 15) is 4.79 Å². The van der Waals surface area contributed by atoms with Crippen molar-refractivity contribution < 1.29 is 14.3 Å². The highest BCUT2D eigenvalue weighted by Crippen LogP contribution is 2.50. The summed E-state index contributed by atoms with van der Waals surface area (Å²) in [5.41, 5.74) is 3.46. The molecule has 1 aromatic heterocycles. The van der Waals surface area contributed by atoms with Crippen LogP contribution in [0.2, 0.25) is 0 Å². The number of carbonyl (C=O) groups is 1. The van der Waals surface area contributed by atoms with Crippen molar-refractivity contribution in [3.8, 4) is 17.2 Å². The van der Waals surface area contributed by atoms with E-state index in [0.717, 1.165) is 17.7 Å². The van der Waals surface area contributed by atoms with Crippen molar-refractivity contribution in [2.45, 2.75) is 27.2 Å². The smallest absolute Gasteiger partial charge is 0.254 e. The van der Waals surface area contributed by atoms with Crippen LogP contribution < -0.4 is 20.1 Å². The van der Waals surface area contributed by atoms with Crippen LogP contribution in [0.1, 0.15) is 43.2 Å². The molecule has 2 N–H and O–H groups in total. The van der Waals surface area contributed by atoms with Crippen LogP contribution in [-0.2, 0) is 0 Å². The van der Waals surface area contributed by atoms with Gasteiger partial charge in [-0.2, -0.15) is 0 Å². The Labute approximate surface area is 171 Å². The molecule has 1 atom stereocenters. The number of benzene rings is 1. The number of anilines is 2. The van der Waals surface area contributed by atoms with Gasteiger partial charge >= 0.3 is 0 Å². The number of rotatable bonds is 6. The molecule has 0 fully saturated rings. The Bertz CT molecular complexity index is 980. The zero-order chi connectivity index (χ0) is 21.0. The number of carbonyl (C=O) groups excluding carboxylic acids is 1. The topological polar surface area (TPSA) is 72.5 Å². The number of pyridine rings is 1. The molecular formula is C23H27N3O3. The quantitative estimate of drug-likeness (QED) is 0.556. The van der Waals surface area contributed by atoms with E-state index in [4.69, 9.17) is 9.47 Å². The first-order valence-corrected chi connectivity index (χ1v) is 9.75. The van der Waals surface area contributed by atoms with Gasteiger partial charge in [0.25, 0.3) is 5.91 Å². The minimum absolute atomic E-state index is 0.239. The van der Waals surface area contributed by atoms with E-state index in [2.05, 4.69) is 35.5 Å². The van der Waals surface area contributed by atoms with Gasteiger partial charge in [0.05, 0.1) is 18.4 Å². The number of aromatic nitrogens is 1. The van der Waals surface area contributed by atoms with Gasteiger partial charge in [-0.3, -0.25) is 9.78 Å². The van der Waals surface area contributed by atoms with E-state index < -0.39 is 0 Å². The standard InChI is InChI=1S/C23H27N3O3/c1-6-8-10-15(14(3)7-2)19-22-20(16(13-25-19)23(27)24-4)26-21-17(28-5)11-9-12-18(21)29-22/h6,8-14,26H,7H2,1-5H3,(H,24,27)/b8-6-,15-10+. The van der Waals surface area contributed by atoms with Crippen LogP contribution in [0.5, 0.6) is 17.2 Å². The van der Waals surface area contributed by atoms with E-state index in [-0.39, 0.29) is 11.8 Å². The maximum Gasteiger partial charge on any atom is 0.254 e. The van der Waals surface area contributed by atoms with Crippen molar-refractivity contribution in [1.82, 2.24) is 10.3 Å². The Morgan fingerprint density at radius 1 is 1.38 bits per heavy atom. The summed E-state index contributed by atoms with van der Waals surface area (Å²) in [6, 6.07) is 5.58. The fraction of sp³-hybridized carbons (Fsp3) is 0.304.